The molecule has 0 heterocycles. The lowest BCUT2D eigenvalue weighted by Crippen LogP contribution is -2.35. The Labute approximate surface area is 142 Å². The summed E-state index contributed by atoms with van der Waals surface area (Å²) in [6.07, 6.45) is 1.03. The Bertz CT molecular complexity index is 717. The third kappa shape index (κ3) is 2.92. The molecule has 2 atom stereocenters. The number of ether oxygens (including phenoxy) is 2. The van der Waals surface area contributed by atoms with Gasteiger partial charge in [0.25, 0.3) is 0 Å². The number of hydrogen-bond acceptors (Lipinski definition) is 6. The summed E-state index contributed by atoms with van der Waals surface area (Å²) < 4.78 is 34.6. The summed E-state index contributed by atoms with van der Waals surface area (Å²) in [5.41, 5.74) is -0.222. The van der Waals surface area contributed by atoms with Crippen LogP contribution >= 0.6 is 0 Å². The Balaban J connectivity index is 2.58. The molecule has 1 fully saturated rings. The summed E-state index contributed by atoms with van der Waals surface area (Å²) in [6.45, 7) is 5.22. The molecule has 6 nitrogen and oxygen atoms in total. The largest absolute Gasteiger partial charge is 0.465 e. The van der Waals surface area contributed by atoms with Crippen LogP contribution in [0.1, 0.15) is 30.9 Å². The highest BCUT2D eigenvalue weighted by Crippen LogP contribution is 2.64. The van der Waals surface area contributed by atoms with Crippen molar-refractivity contribution in [1.82, 2.24) is 0 Å². The second-order valence-corrected chi connectivity index (χ2v) is 8.12. The third-order valence-corrected chi connectivity index (χ3v) is 5.82. The van der Waals surface area contributed by atoms with Gasteiger partial charge in [0, 0.05) is 12.2 Å². The van der Waals surface area contributed by atoms with E-state index >= 15 is 0 Å². The van der Waals surface area contributed by atoms with Crippen LogP contribution < -0.4 is 0 Å². The third-order valence-electron chi connectivity index (χ3n) is 4.26. The first-order chi connectivity index (χ1) is 11.2. The molecule has 0 bridgehead atoms. The summed E-state index contributed by atoms with van der Waals surface area (Å²) in [5.74, 6) is -2.49. The van der Waals surface area contributed by atoms with E-state index in [4.69, 9.17) is 9.47 Å². The summed E-state index contributed by atoms with van der Waals surface area (Å²) in [7, 11) is -3.67. The molecule has 1 aromatic carbocycles. The zero-order chi connectivity index (χ0) is 18.1. The highest BCUT2D eigenvalue weighted by molar-refractivity contribution is 7.91. The molecule has 1 aliphatic rings. The van der Waals surface area contributed by atoms with Crippen LogP contribution in [0.15, 0.2) is 24.3 Å². The number of carbonyl (C=O) groups is 2. The average Bonchev–Trinajstić information content (AvgIpc) is 3.20. The van der Waals surface area contributed by atoms with Crippen LogP contribution in [0.4, 0.5) is 0 Å². The lowest BCUT2D eigenvalue weighted by molar-refractivity contribution is -0.164. The van der Waals surface area contributed by atoms with Crippen molar-refractivity contribution in [3.63, 3.8) is 0 Å². The molecule has 0 N–H and O–H groups in total. The second kappa shape index (κ2) is 6.55. The van der Waals surface area contributed by atoms with Crippen LogP contribution in [0.2, 0.25) is 0 Å². The Hall–Kier alpha value is -1.89. The Morgan fingerprint density at radius 1 is 1.04 bits per heavy atom. The molecule has 1 saturated carbocycles. The Morgan fingerprint density at radius 3 is 1.88 bits per heavy atom. The van der Waals surface area contributed by atoms with Gasteiger partial charge in [-0.05, 0) is 26.3 Å². The first kappa shape index (κ1) is 18.4. The maximum atomic E-state index is 12.6. The van der Waals surface area contributed by atoms with Gasteiger partial charge in [-0.2, -0.15) is 0 Å². The molecule has 132 valence electrons. The molecule has 0 aliphatic heterocycles. The second-order valence-electron chi connectivity index (χ2n) is 5.95. The van der Waals surface area contributed by atoms with Gasteiger partial charge in [-0.15, -0.1) is 0 Å². The molecule has 0 saturated heterocycles. The standard InChI is InChI=1S/C17H22O6S/c1-5-22-15(18)17(16(19)23-6-2)13(14(17)24(4,20)21)12-9-7-11(3)8-10-12/h7-10,13-14H,5-6H2,1-4H3. The number of hydrogen-bond donors (Lipinski definition) is 0. The van der Waals surface area contributed by atoms with E-state index in [1.165, 1.54) is 0 Å². The summed E-state index contributed by atoms with van der Waals surface area (Å²) in [5, 5.41) is -1.18. The zero-order valence-electron chi connectivity index (χ0n) is 14.2. The van der Waals surface area contributed by atoms with E-state index in [0.717, 1.165) is 11.8 Å². The maximum absolute atomic E-state index is 12.6. The fourth-order valence-electron chi connectivity index (χ4n) is 3.22. The molecule has 2 unspecified atom stereocenters. The van der Waals surface area contributed by atoms with E-state index in [0.29, 0.717) is 5.56 Å². The Kier molecular flexibility index (Phi) is 5.03. The minimum absolute atomic E-state index is 0.0527. The number of carbonyl (C=O) groups excluding carboxylic acids is 2. The van der Waals surface area contributed by atoms with Gasteiger partial charge < -0.3 is 9.47 Å². The molecule has 0 aromatic heterocycles. The van der Waals surface area contributed by atoms with Gasteiger partial charge in [-0.25, -0.2) is 8.42 Å². The number of sulfone groups is 1. The fraction of sp³-hybridized carbons (Fsp3) is 0.529. The summed E-state index contributed by atoms with van der Waals surface area (Å²) in [6, 6.07) is 7.10. The normalized spacial score (nSPS) is 21.8. The van der Waals surface area contributed by atoms with Crippen molar-refractivity contribution < 1.29 is 27.5 Å². The first-order valence-corrected chi connectivity index (χ1v) is 9.76. The molecule has 1 aromatic rings. The van der Waals surface area contributed by atoms with Gasteiger partial charge in [0.1, 0.15) is 0 Å². The molecular formula is C17H22O6S. The highest BCUT2D eigenvalue weighted by atomic mass is 32.2. The minimum Gasteiger partial charge on any atom is -0.465 e. The van der Waals surface area contributed by atoms with Crippen LogP contribution in [0.5, 0.6) is 0 Å². The van der Waals surface area contributed by atoms with E-state index in [1.807, 2.05) is 19.1 Å². The van der Waals surface area contributed by atoms with Crippen LogP contribution in [-0.2, 0) is 28.9 Å². The van der Waals surface area contributed by atoms with Gasteiger partial charge in [0.2, 0.25) is 0 Å². The van der Waals surface area contributed by atoms with E-state index in [9.17, 15) is 18.0 Å². The minimum atomic E-state index is -3.67. The van der Waals surface area contributed by atoms with Gasteiger partial charge in [-0.1, -0.05) is 29.8 Å². The smallest absolute Gasteiger partial charge is 0.325 e. The van der Waals surface area contributed by atoms with E-state index in [2.05, 4.69) is 0 Å². The zero-order valence-corrected chi connectivity index (χ0v) is 15.1. The van der Waals surface area contributed by atoms with Crippen LogP contribution in [0.25, 0.3) is 0 Å². The SMILES string of the molecule is CCOC(=O)C1(C(=O)OCC)C(c2ccc(C)cc2)C1S(C)(=O)=O. The fourth-order valence-corrected chi connectivity index (χ4v) is 5.03. The highest BCUT2D eigenvalue weighted by Gasteiger charge is 2.80. The Morgan fingerprint density at radius 2 is 1.50 bits per heavy atom. The average molecular weight is 354 g/mol. The molecule has 2 rings (SSSR count). The first-order valence-electron chi connectivity index (χ1n) is 7.81. The molecular weight excluding hydrogens is 332 g/mol. The van der Waals surface area contributed by atoms with Crippen molar-refractivity contribution in [3.05, 3.63) is 35.4 Å². The van der Waals surface area contributed by atoms with Crippen molar-refractivity contribution in [2.75, 3.05) is 19.5 Å². The van der Waals surface area contributed by atoms with Gasteiger partial charge in [0.15, 0.2) is 15.3 Å². The predicted molar refractivity (Wildman–Crippen MR) is 88.3 cm³/mol. The number of aryl methyl sites for hydroxylation is 1. The molecule has 7 heteroatoms. The predicted octanol–water partition coefficient (Wildman–Crippen LogP) is 1.62. The molecule has 0 radical (unpaired) electrons. The van der Waals surface area contributed by atoms with Crippen molar-refractivity contribution in [1.29, 1.82) is 0 Å². The van der Waals surface area contributed by atoms with Gasteiger partial charge in [-0.3, -0.25) is 9.59 Å². The van der Waals surface area contributed by atoms with E-state index in [-0.39, 0.29) is 13.2 Å². The quantitative estimate of drug-likeness (QED) is 0.570. The lowest BCUT2D eigenvalue weighted by Gasteiger charge is -2.15. The van der Waals surface area contributed by atoms with E-state index < -0.39 is 38.4 Å². The molecule has 0 amide bonds. The van der Waals surface area contributed by atoms with Crippen molar-refractivity contribution in [2.24, 2.45) is 5.41 Å². The summed E-state index contributed by atoms with van der Waals surface area (Å²) in [4.78, 5) is 25.1. The van der Waals surface area contributed by atoms with Gasteiger partial charge in [0.05, 0.1) is 18.5 Å². The maximum Gasteiger partial charge on any atom is 0.325 e. The summed E-state index contributed by atoms with van der Waals surface area (Å²) >= 11 is 0. The monoisotopic (exact) mass is 354 g/mol. The number of esters is 2. The van der Waals surface area contributed by atoms with E-state index in [1.54, 1.807) is 26.0 Å². The van der Waals surface area contributed by atoms with Crippen LogP contribution in [0, 0.1) is 12.3 Å². The lowest BCUT2D eigenvalue weighted by atomic mass is 9.98. The van der Waals surface area contributed by atoms with Crippen molar-refractivity contribution >= 4 is 21.8 Å². The van der Waals surface area contributed by atoms with Crippen molar-refractivity contribution in [3.8, 4) is 0 Å². The van der Waals surface area contributed by atoms with Gasteiger partial charge >= 0.3 is 11.9 Å². The van der Waals surface area contributed by atoms with Crippen molar-refractivity contribution in [2.45, 2.75) is 31.9 Å². The number of benzene rings is 1. The van der Waals surface area contributed by atoms with Crippen LogP contribution in [-0.4, -0.2) is 45.1 Å². The molecule has 24 heavy (non-hydrogen) atoms. The van der Waals surface area contributed by atoms with Crippen LogP contribution in [0.3, 0.4) is 0 Å². The molecule has 1 aliphatic carbocycles. The molecule has 0 spiro atoms. The number of rotatable bonds is 6. The topological polar surface area (TPSA) is 86.7 Å².